The number of carboxylic acid groups (broad SMARTS) is 3. The first-order chi connectivity index (χ1) is 19.4. The van der Waals surface area contributed by atoms with E-state index >= 15 is 0 Å². The third-order valence-corrected chi connectivity index (χ3v) is 6.07. The van der Waals surface area contributed by atoms with E-state index in [1.54, 1.807) is 30.5 Å². The quantitative estimate of drug-likeness (QED) is 0.101. The summed E-state index contributed by atoms with van der Waals surface area (Å²) in [6.07, 6.45) is 2.44. The van der Waals surface area contributed by atoms with Gasteiger partial charge in [0.2, 0.25) is 17.7 Å². The number of hydrogen-bond donors (Lipinski definition) is 9. The zero-order valence-electron chi connectivity index (χ0n) is 21.5. The van der Waals surface area contributed by atoms with E-state index < -0.39 is 72.6 Å². The molecule has 41 heavy (non-hydrogen) atoms. The Bertz CT molecular complexity index is 1420. The number of amides is 3. The van der Waals surface area contributed by atoms with Crippen molar-refractivity contribution in [1.29, 1.82) is 0 Å². The molecular weight excluding hydrogens is 542 g/mol. The Labute approximate surface area is 231 Å². The molecule has 1 aromatic carbocycles. The molecule has 3 aromatic rings. The average molecular weight is 572 g/mol. The maximum Gasteiger partial charge on any atom is 0.326 e. The fourth-order valence-electron chi connectivity index (χ4n) is 4.03. The lowest BCUT2D eigenvalue weighted by Crippen LogP contribution is -2.58. The smallest absolute Gasteiger partial charge is 0.326 e. The first kappa shape index (κ1) is 30.3. The number of aromatic nitrogens is 3. The Morgan fingerprint density at radius 1 is 0.805 bits per heavy atom. The van der Waals surface area contributed by atoms with Gasteiger partial charge in [-0.15, -0.1) is 0 Å². The number of nitrogens with one attached hydrogen (secondary N) is 5. The Kier molecular flexibility index (Phi) is 10.1. The Balaban J connectivity index is 1.88. The van der Waals surface area contributed by atoms with E-state index in [4.69, 9.17) is 15.9 Å². The summed E-state index contributed by atoms with van der Waals surface area (Å²) >= 11 is 0. The van der Waals surface area contributed by atoms with Crippen LogP contribution in [0.3, 0.4) is 0 Å². The summed E-state index contributed by atoms with van der Waals surface area (Å²) in [4.78, 5) is 82.5. The van der Waals surface area contributed by atoms with Crippen molar-refractivity contribution < 1.29 is 44.1 Å². The van der Waals surface area contributed by atoms with Crippen molar-refractivity contribution in [3.63, 3.8) is 0 Å². The maximum atomic E-state index is 13.5. The highest BCUT2D eigenvalue weighted by Gasteiger charge is 2.32. The number of carboxylic acids is 3. The van der Waals surface area contributed by atoms with Crippen molar-refractivity contribution in [1.82, 2.24) is 30.9 Å². The second kappa shape index (κ2) is 13.7. The standard InChI is InChI=1S/C25H29N7O9/c26-15(7-20(33)34)22(37)30-17(5-12-9-28-16-4-2-1-3-14(12)16)23(38)31-18(6-13-10-27-11-29-13)24(39)32-19(25(40)41)8-21(35)36/h1-4,9-11,15,17-19,28H,5-8,26H2,(H,27,29)(H,30,37)(H,31,38)(H,32,39)(H,33,34)(H,35,36)(H,40,41). The minimum Gasteiger partial charge on any atom is -0.481 e. The number of nitrogens with two attached hydrogens (primary N) is 1. The topological polar surface area (TPSA) is 270 Å². The normalized spacial score (nSPS) is 13.9. The zero-order valence-corrected chi connectivity index (χ0v) is 21.5. The van der Waals surface area contributed by atoms with E-state index in [-0.39, 0.29) is 12.8 Å². The number of imidazole rings is 1. The van der Waals surface area contributed by atoms with Crippen LogP contribution >= 0.6 is 0 Å². The highest BCUT2D eigenvalue weighted by atomic mass is 16.4. The van der Waals surface area contributed by atoms with E-state index in [1.807, 2.05) is 0 Å². The summed E-state index contributed by atoms with van der Waals surface area (Å²) in [6, 6.07) is 1.15. The van der Waals surface area contributed by atoms with Gasteiger partial charge in [-0.3, -0.25) is 24.0 Å². The number of carbonyl (C=O) groups excluding carboxylic acids is 3. The first-order valence-electron chi connectivity index (χ1n) is 12.3. The van der Waals surface area contributed by atoms with Gasteiger partial charge in [0.1, 0.15) is 18.1 Å². The molecule has 0 radical (unpaired) electrons. The van der Waals surface area contributed by atoms with Gasteiger partial charge in [-0.25, -0.2) is 9.78 Å². The molecule has 0 aliphatic heterocycles. The summed E-state index contributed by atoms with van der Waals surface area (Å²) in [5.74, 6) is -7.17. The first-order valence-corrected chi connectivity index (χ1v) is 12.3. The molecule has 16 heteroatoms. The Hall–Kier alpha value is -5.25. The second-order valence-corrected chi connectivity index (χ2v) is 9.17. The Morgan fingerprint density at radius 3 is 2.02 bits per heavy atom. The molecule has 218 valence electrons. The van der Waals surface area contributed by atoms with Gasteiger partial charge in [-0.2, -0.15) is 0 Å². The molecule has 0 bridgehead atoms. The molecule has 0 saturated carbocycles. The van der Waals surface area contributed by atoms with Crippen LogP contribution in [0.4, 0.5) is 0 Å². The molecule has 0 aliphatic rings. The van der Waals surface area contributed by atoms with Gasteiger partial charge < -0.3 is 47.0 Å². The summed E-state index contributed by atoms with van der Waals surface area (Å²) in [5, 5.41) is 35.1. The number of H-pyrrole nitrogens is 2. The van der Waals surface area contributed by atoms with Crippen molar-refractivity contribution in [3.8, 4) is 0 Å². The van der Waals surface area contributed by atoms with Gasteiger partial charge in [-0.05, 0) is 11.6 Å². The fraction of sp³-hybridized carbons (Fsp3) is 0.320. The predicted octanol–water partition coefficient (Wildman–Crippen LogP) is -1.51. The number of rotatable bonds is 15. The molecule has 4 unspecified atom stereocenters. The van der Waals surface area contributed by atoms with Crippen molar-refractivity contribution in [2.45, 2.75) is 49.9 Å². The minimum absolute atomic E-state index is 0.0868. The number of para-hydroxylation sites is 1. The molecule has 2 heterocycles. The van der Waals surface area contributed by atoms with Crippen LogP contribution in [0.25, 0.3) is 10.9 Å². The molecule has 3 amide bonds. The van der Waals surface area contributed by atoms with Crippen molar-refractivity contribution in [2.24, 2.45) is 5.73 Å². The average Bonchev–Trinajstić information content (AvgIpc) is 3.56. The van der Waals surface area contributed by atoms with Crippen LogP contribution in [0.5, 0.6) is 0 Å². The van der Waals surface area contributed by atoms with Crippen LogP contribution in [-0.4, -0.2) is 90.1 Å². The van der Waals surface area contributed by atoms with E-state index in [9.17, 15) is 33.9 Å². The number of hydrogen-bond acceptors (Lipinski definition) is 8. The van der Waals surface area contributed by atoms with Gasteiger partial charge >= 0.3 is 17.9 Å². The van der Waals surface area contributed by atoms with Gasteiger partial charge in [0.15, 0.2) is 0 Å². The van der Waals surface area contributed by atoms with Gasteiger partial charge in [0, 0.05) is 41.8 Å². The third kappa shape index (κ3) is 8.62. The largest absolute Gasteiger partial charge is 0.481 e. The molecule has 0 fully saturated rings. The van der Waals surface area contributed by atoms with Crippen LogP contribution in [-0.2, 0) is 41.6 Å². The predicted molar refractivity (Wildman–Crippen MR) is 140 cm³/mol. The van der Waals surface area contributed by atoms with E-state index in [2.05, 4.69) is 30.9 Å². The zero-order chi connectivity index (χ0) is 30.1. The van der Waals surface area contributed by atoms with Gasteiger partial charge in [-0.1, -0.05) is 18.2 Å². The summed E-state index contributed by atoms with van der Waals surface area (Å²) in [7, 11) is 0. The molecule has 2 aromatic heterocycles. The highest BCUT2D eigenvalue weighted by Crippen LogP contribution is 2.19. The highest BCUT2D eigenvalue weighted by molar-refractivity contribution is 5.96. The molecule has 0 saturated heterocycles. The van der Waals surface area contributed by atoms with Crippen molar-refractivity contribution in [2.75, 3.05) is 0 Å². The third-order valence-electron chi connectivity index (χ3n) is 6.07. The monoisotopic (exact) mass is 571 g/mol. The van der Waals surface area contributed by atoms with Gasteiger partial charge in [0.25, 0.3) is 0 Å². The molecule has 10 N–H and O–H groups in total. The lowest BCUT2D eigenvalue weighted by atomic mass is 10.0. The van der Waals surface area contributed by atoms with Crippen LogP contribution in [0.15, 0.2) is 43.0 Å². The number of benzene rings is 1. The summed E-state index contributed by atoms with van der Waals surface area (Å²) in [6.45, 7) is 0. The fourth-order valence-corrected chi connectivity index (χ4v) is 4.03. The van der Waals surface area contributed by atoms with Crippen LogP contribution in [0.1, 0.15) is 24.1 Å². The van der Waals surface area contributed by atoms with E-state index in [0.717, 1.165) is 10.9 Å². The molecule has 0 spiro atoms. The second-order valence-electron chi connectivity index (χ2n) is 9.17. The Morgan fingerprint density at radius 2 is 1.41 bits per heavy atom. The minimum atomic E-state index is -1.78. The number of fused-ring (bicyclic) bond motifs is 1. The van der Waals surface area contributed by atoms with Crippen molar-refractivity contribution in [3.05, 3.63) is 54.2 Å². The molecule has 16 nitrogen and oxygen atoms in total. The lowest BCUT2D eigenvalue weighted by molar-refractivity contribution is -0.147. The molecule has 3 rings (SSSR count). The van der Waals surface area contributed by atoms with Gasteiger partial charge in [0.05, 0.1) is 25.2 Å². The number of carbonyl (C=O) groups is 6. The molecule has 4 atom stereocenters. The summed E-state index contributed by atoms with van der Waals surface area (Å²) in [5.41, 5.74) is 7.44. The van der Waals surface area contributed by atoms with E-state index in [0.29, 0.717) is 11.3 Å². The molecular formula is C25H29N7O9. The van der Waals surface area contributed by atoms with Crippen LogP contribution in [0.2, 0.25) is 0 Å². The maximum absolute atomic E-state index is 13.5. The van der Waals surface area contributed by atoms with E-state index in [1.165, 1.54) is 12.5 Å². The summed E-state index contributed by atoms with van der Waals surface area (Å²) < 4.78 is 0. The SMILES string of the molecule is NC(CC(=O)O)C(=O)NC(Cc1c[nH]c2ccccc12)C(=O)NC(Cc1cnc[nH]1)C(=O)NC(CC(=O)O)C(=O)O. The molecule has 0 aliphatic carbocycles. The number of aliphatic carboxylic acids is 3. The van der Waals surface area contributed by atoms with Crippen LogP contribution < -0.4 is 21.7 Å². The lowest BCUT2D eigenvalue weighted by Gasteiger charge is -2.25. The van der Waals surface area contributed by atoms with Crippen molar-refractivity contribution >= 4 is 46.5 Å². The number of nitrogens with zero attached hydrogens (tertiary/aromatic N) is 1. The van der Waals surface area contributed by atoms with Crippen LogP contribution in [0, 0.1) is 0 Å². The number of aromatic amines is 2.